The van der Waals surface area contributed by atoms with Gasteiger partial charge in [0.15, 0.2) is 0 Å². The highest BCUT2D eigenvalue weighted by Gasteiger charge is 2.08. The Labute approximate surface area is 119 Å². The van der Waals surface area contributed by atoms with Crippen LogP contribution in [-0.2, 0) is 11.2 Å². The Morgan fingerprint density at radius 3 is 2.74 bits per heavy atom. The summed E-state index contributed by atoms with van der Waals surface area (Å²) in [5.41, 5.74) is 2.20. The van der Waals surface area contributed by atoms with E-state index in [1.54, 1.807) is 6.07 Å². The molecule has 0 aromatic heterocycles. The molecule has 2 aromatic rings. The summed E-state index contributed by atoms with van der Waals surface area (Å²) in [5, 5.41) is 2.57. The second-order valence-corrected chi connectivity index (χ2v) is 5.25. The predicted octanol–water partition coefficient (Wildman–Crippen LogP) is 4.08. The lowest BCUT2D eigenvalue weighted by Crippen LogP contribution is -2.15. The lowest BCUT2D eigenvalue weighted by atomic mass is 10.1. The van der Waals surface area contributed by atoms with Crippen LogP contribution in [-0.4, -0.2) is 5.91 Å². The topological polar surface area (TPSA) is 29.1 Å². The Morgan fingerprint density at radius 2 is 2.05 bits per heavy atom. The summed E-state index contributed by atoms with van der Waals surface area (Å²) < 4.78 is 14.2. The molecule has 1 N–H and O–H groups in total. The van der Waals surface area contributed by atoms with Gasteiger partial charge in [-0.1, -0.05) is 45.8 Å². The summed E-state index contributed by atoms with van der Waals surface area (Å²) in [5.74, 6) is -0.682. The molecule has 2 nitrogen and oxygen atoms in total. The number of rotatable bonds is 3. The summed E-state index contributed by atoms with van der Waals surface area (Å²) in [4.78, 5) is 11.8. The average Bonchev–Trinajstić information content (AvgIpc) is 2.33. The first-order chi connectivity index (χ1) is 9.04. The van der Waals surface area contributed by atoms with Crippen LogP contribution in [0.25, 0.3) is 0 Å². The summed E-state index contributed by atoms with van der Waals surface area (Å²) in [6.07, 6.45) is 0.233. The molecule has 2 rings (SSSR count). The van der Waals surface area contributed by atoms with Crippen molar-refractivity contribution < 1.29 is 9.18 Å². The van der Waals surface area contributed by atoms with Gasteiger partial charge in [0.2, 0.25) is 5.91 Å². The van der Waals surface area contributed by atoms with E-state index in [1.165, 1.54) is 12.1 Å². The number of benzene rings is 2. The van der Waals surface area contributed by atoms with Crippen molar-refractivity contribution in [3.8, 4) is 0 Å². The lowest BCUT2D eigenvalue weighted by molar-refractivity contribution is -0.115. The number of hydrogen-bond acceptors (Lipinski definition) is 1. The summed E-state index contributed by atoms with van der Waals surface area (Å²) in [6.45, 7) is 1.97. The van der Waals surface area contributed by atoms with Crippen LogP contribution < -0.4 is 5.32 Å². The summed E-state index contributed by atoms with van der Waals surface area (Å²) in [7, 11) is 0. The average molecular weight is 322 g/mol. The summed E-state index contributed by atoms with van der Waals surface area (Å²) >= 11 is 3.17. The molecule has 0 radical (unpaired) electrons. The number of hydrogen-bond donors (Lipinski definition) is 1. The van der Waals surface area contributed by atoms with Crippen LogP contribution in [0.2, 0.25) is 0 Å². The molecule has 0 atom stereocenters. The van der Waals surface area contributed by atoms with E-state index >= 15 is 0 Å². The fourth-order valence-electron chi connectivity index (χ4n) is 1.79. The maximum Gasteiger partial charge on any atom is 0.228 e. The smallest absolute Gasteiger partial charge is 0.228 e. The van der Waals surface area contributed by atoms with Gasteiger partial charge in [0.1, 0.15) is 5.82 Å². The third kappa shape index (κ3) is 3.89. The Balaban J connectivity index is 2.05. The van der Waals surface area contributed by atoms with Gasteiger partial charge in [-0.05, 0) is 30.7 Å². The second kappa shape index (κ2) is 5.97. The van der Waals surface area contributed by atoms with Crippen molar-refractivity contribution in [2.75, 3.05) is 5.32 Å². The normalized spacial score (nSPS) is 10.3. The first kappa shape index (κ1) is 13.7. The van der Waals surface area contributed by atoms with Crippen molar-refractivity contribution >= 4 is 27.5 Å². The monoisotopic (exact) mass is 321 g/mol. The third-order valence-corrected chi connectivity index (χ3v) is 3.15. The molecule has 0 aliphatic rings. The zero-order valence-electron chi connectivity index (χ0n) is 10.4. The van der Waals surface area contributed by atoms with Crippen LogP contribution >= 0.6 is 15.9 Å². The van der Waals surface area contributed by atoms with Gasteiger partial charge in [0.05, 0.1) is 12.1 Å². The summed E-state index contributed by atoms with van der Waals surface area (Å²) in [6, 6.07) is 12.2. The van der Waals surface area contributed by atoms with E-state index in [0.717, 1.165) is 11.1 Å². The molecule has 0 spiro atoms. The highest BCUT2D eigenvalue weighted by atomic mass is 79.9. The molecule has 0 aliphatic heterocycles. The molecule has 0 bridgehead atoms. The third-order valence-electron chi connectivity index (χ3n) is 2.65. The fourth-order valence-corrected chi connectivity index (χ4v) is 2.13. The number of aryl methyl sites for hydroxylation is 1. The van der Waals surface area contributed by atoms with Gasteiger partial charge in [0.25, 0.3) is 0 Å². The van der Waals surface area contributed by atoms with Crippen molar-refractivity contribution in [1.29, 1.82) is 0 Å². The Bertz CT molecular complexity index is 613. The molecule has 1 amide bonds. The van der Waals surface area contributed by atoms with Gasteiger partial charge in [-0.2, -0.15) is 0 Å². The first-order valence-electron chi connectivity index (χ1n) is 5.85. The number of carbonyl (C=O) groups excluding carboxylic acids is 1. The SMILES string of the molecule is Cc1cccc(CC(=O)Nc2ccc(Br)cc2F)c1. The van der Waals surface area contributed by atoms with Crippen molar-refractivity contribution in [3.05, 3.63) is 63.9 Å². The molecule has 4 heteroatoms. The van der Waals surface area contributed by atoms with Gasteiger partial charge < -0.3 is 5.32 Å². The van der Waals surface area contributed by atoms with Crippen molar-refractivity contribution in [1.82, 2.24) is 0 Å². The maximum absolute atomic E-state index is 13.6. The van der Waals surface area contributed by atoms with Crippen molar-refractivity contribution in [2.45, 2.75) is 13.3 Å². The fraction of sp³-hybridized carbons (Fsp3) is 0.133. The van der Waals surface area contributed by atoms with E-state index in [4.69, 9.17) is 0 Å². The van der Waals surface area contributed by atoms with Crippen LogP contribution in [0.4, 0.5) is 10.1 Å². The molecule has 0 aliphatic carbocycles. The van der Waals surface area contributed by atoms with Gasteiger partial charge in [0, 0.05) is 4.47 Å². The van der Waals surface area contributed by atoms with Crippen LogP contribution in [0.5, 0.6) is 0 Å². The molecule has 98 valence electrons. The highest BCUT2D eigenvalue weighted by Crippen LogP contribution is 2.19. The van der Waals surface area contributed by atoms with E-state index in [2.05, 4.69) is 21.2 Å². The van der Waals surface area contributed by atoms with Gasteiger partial charge in [-0.25, -0.2) is 4.39 Å². The minimum absolute atomic E-state index is 0.195. The predicted molar refractivity (Wildman–Crippen MR) is 77.6 cm³/mol. The van der Waals surface area contributed by atoms with E-state index in [9.17, 15) is 9.18 Å². The van der Waals surface area contributed by atoms with Gasteiger partial charge in [-0.3, -0.25) is 4.79 Å². The molecule has 0 saturated carbocycles. The van der Waals surface area contributed by atoms with Crippen LogP contribution in [0, 0.1) is 12.7 Å². The van der Waals surface area contributed by atoms with Gasteiger partial charge >= 0.3 is 0 Å². The number of nitrogens with one attached hydrogen (secondary N) is 1. The zero-order valence-corrected chi connectivity index (χ0v) is 12.0. The lowest BCUT2D eigenvalue weighted by Gasteiger charge is -2.07. The Kier molecular flexibility index (Phi) is 4.32. The van der Waals surface area contributed by atoms with E-state index in [0.29, 0.717) is 4.47 Å². The number of anilines is 1. The van der Waals surface area contributed by atoms with Crippen LogP contribution in [0.3, 0.4) is 0 Å². The Morgan fingerprint density at radius 1 is 1.26 bits per heavy atom. The molecule has 19 heavy (non-hydrogen) atoms. The molecule has 2 aromatic carbocycles. The molecule has 0 heterocycles. The molecule has 0 saturated heterocycles. The standard InChI is InChI=1S/C15H13BrFNO/c1-10-3-2-4-11(7-10)8-15(19)18-14-6-5-12(16)9-13(14)17/h2-7,9H,8H2,1H3,(H,18,19). The van der Waals surface area contributed by atoms with E-state index in [1.807, 2.05) is 31.2 Å². The number of halogens is 2. The molecule has 0 unspecified atom stereocenters. The van der Waals surface area contributed by atoms with Crippen molar-refractivity contribution in [2.24, 2.45) is 0 Å². The van der Waals surface area contributed by atoms with E-state index < -0.39 is 5.82 Å². The molecule has 0 fully saturated rings. The van der Waals surface area contributed by atoms with Crippen LogP contribution in [0.1, 0.15) is 11.1 Å². The maximum atomic E-state index is 13.6. The highest BCUT2D eigenvalue weighted by molar-refractivity contribution is 9.10. The number of carbonyl (C=O) groups is 1. The Hall–Kier alpha value is -1.68. The van der Waals surface area contributed by atoms with Gasteiger partial charge in [-0.15, -0.1) is 0 Å². The molecular formula is C15H13BrFNO. The first-order valence-corrected chi connectivity index (χ1v) is 6.64. The molecular weight excluding hydrogens is 309 g/mol. The zero-order chi connectivity index (χ0) is 13.8. The minimum atomic E-state index is -0.452. The van der Waals surface area contributed by atoms with E-state index in [-0.39, 0.29) is 18.0 Å². The largest absolute Gasteiger partial charge is 0.323 e. The van der Waals surface area contributed by atoms with Crippen molar-refractivity contribution in [3.63, 3.8) is 0 Å². The second-order valence-electron chi connectivity index (χ2n) is 4.34. The van der Waals surface area contributed by atoms with Crippen LogP contribution in [0.15, 0.2) is 46.9 Å². The number of amides is 1. The quantitative estimate of drug-likeness (QED) is 0.906. The minimum Gasteiger partial charge on any atom is -0.323 e.